The first-order valence-corrected chi connectivity index (χ1v) is 10.2. The van der Waals surface area contributed by atoms with Crippen molar-refractivity contribution in [2.75, 3.05) is 6.61 Å². The van der Waals surface area contributed by atoms with E-state index in [0.717, 1.165) is 17.3 Å². The minimum atomic E-state index is -4.73. The lowest BCUT2D eigenvalue weighted by atomic mass is 9.89. The molecule has 0 radical (unpaired) electrons. The van der Waals surface area contributed by atoms with E-state index >= 15 is 0 Å². The monoisotopic (exact) mass is 445 g/mol. The van der Waals surface area contributed by atoms with E-state index in [0.29, 0.717) is 17.7 Å². The van der Waals surface area contributed by atoms with Gasteiger partial charge >= 0.3 is 6.36 Å². The number of nitrogens with one attached hydrogen (secondary N) is 1. The number of carbonyl (C=O) groups is 1. The van der Waals surface area contributed by atoms with Gasteiger partial charge in [-0.1, -0.05) is 36.9 Å². The van der Waals surface area contributed by atoms with Crippen molar-refractivity contribution in [1.29, 1.82) is 0 Å². The zero-order valence-electron chi connectivity index (χ0n) is 16.1. The first-order chi connectivity index (χ1) is 14.1. The molecule has 164 valence electrons. The third-order valence-corrected chi connectivity index (χ3v) is 5.87. The van der Waals surface area contributed by atoms with Crippen LogP contribution >= 0.6 is 11.8 Å². The Balaban J connectivity index is 1.52. The number of alkyl halides is 3. The molecule has 1 aliphatic heterocycles. The van der Waals surface area contributed by atoms with Crippen LogP contribution < -0.4 is 10.1 Å². The van der Waals surface area contributed by atoms with Crippen molar-refractivity contribution in [3.8, 4) is 5.75 Å². The standard InChI is InChI=1S/C20H22F3NO5S/c1-11-8-14(29-20(21,22)23)6-7-15(11)16(25)10-28-13-4-2-12(3-5-13)9-17-18(26)24-19(27)30-17/h2-7,11,16-18,25-26H,8-10H2,1H3,(H,24,27)/t11?,16-,17?,18?/m0/s1. The maximum atomic E-state index is 12.3. The molecule has 10 heteroatoms. The highest BCUT2D eigenvalue weighted by Crippen LogP contribution is 2.32. The summed E-state index contributed by atoms with van der Waals surface area (Å²) in [4.78, 5) is 11.3. The number of hydrogen-bond acceptors (Lipinski definition) is 6. The predicted octanol–water partition coefficient (Wildman–Crippen LogP) is 3.50. The molecule has 1 fully saturated rings. The van der Waals surface area contributed by atoms with Crippen LogP contribution in [0.15, 0.2) is 47.7 Å². The number of allylic oxidation sites excluding steroid dienone is 3. The maximum Gasteiger partial charge on any atom is 0.572 e. The van der Waals surface area contributed by atoms with E-state index in [-0.39, 0.29) is 35.2 Å². The minimum Gasteiger partial charge on any atom is -0.491 e. The van der Waals surface area contributed by atoms with Crippen molar-refractivity contribution in [1.82, 2.24) is 5.32 Å². The van der Waals surface area contributed by atoms with Gasteiger partial charge in [0.2, 0.25) is 0 Å². The lowest BCUT2D eigenvalue weighted by molar-refractivity contribution is -0.306. The van der Waals surface area contributed by atoms with Crippen LogP contribution in [0.1, 0.15) is 18.9 Å². The Morgan fingerprint density at radius 1 is 1.27 bits per heavy atom. The van der Waals surface area contributed by atoms with Gasteiger partial charge in [-0.2, -0.15) is 0 Å². The van der Waals surface area contributed by atoms with E-state index < -0.39 is 18.7 Å². The Morgan fingerprint density at radius 3 is 2.53 bits per heavy atom. The fraction of sp³-hybridized carbons (Fsp3) is 0.450. The van der Waals surface area contributed by atoms with Gasteiger partial charge in [0.25, 0.3) is 5.24 Å². The lowest BCUT2D eigenvalue weighted by Crippen LogP contribution is -2.31. The normalized spacial score (nSPS) is 25.3. The number of carbonyl (C=O) groups excluding carboxylic acids is 1. The second-order valence-electron chi connectivity index (χ2n) is 7.16. The molecule has 1 aromatic carbocycles. The predicted molar refractivity (Wildman–Crippen MR) is 105 cm³/mol. The molecule has 1 aliphatic carbocycles. The van der Waals surface area contributed by atoms with Crippen LogP contribution in [0.25, 0.3) is 0 Å². The molecule has 0 bridgehead atoms. The van der Waals surface area contributed by atoms with Crippen molar-refractivity contribution in [2.24, 2.45) is 5.92 Å². The van der Waals surface area contributed by atoms with Gasteiger partial charge < -0.3 is 25.0 Å². The Kier molecular flexibility index (Phi) is 6.99. The van der Waals surface area contributed by atoms with Crippen LogP contribution in [-0.4, -0.2) is 46.0 Å². The number of benzene rings is 1. The Morgan fingerprint density at radius 2 is 1.97 bits per heavy atom. The molecule has 0 aromatic heterocycles. The van der Waals surface area contributed by atoms with E-state index in [1.54, 1.807) is 19.1 Å². The van der Waals surface area contributed by atoms with E-state index in [9.17, 15) is 28.2 Å². The van der Waals surface area contributed by atoms with Crippen LogP contribution in [0.5, 0.6) is 5.75 Å². The first kappa shape index (κ1) is 22.5. The highest BCUT2D eigenvalue weighted by Gasteiger charge is 2.34. The van der Waals surface area contributed by atoms with Gasteiger partial charge in [-0.15, -0.1) is 13.2 Å². The maximum absolute atomic E-state index is 12.3. The summed E-state index contributed by atoms with van der Waals surface area (Å²) in [6.45, 7) is 1.67. The summed E-state index contributed by atoms with van der Waals surface area (Å²) in [7, 11) is 0. The number of thioether (sulfide) groups is 1. The number of hydrogen-bond donors (Lipinski definition) is 3. The summed E-state index contributed by atoms with van der Waals surface area (Å²) >= 11 is 1.06. The molecule has 30 heavy (non-hydrogen) atoms. The summed E-state index contributed by atoms with van der Waals surface area (Å²) < 4.78 is 46.5. The number of aliphatic hydroxyl groups is 2. The molecule has 3 rings (SSSR count). The Labute approximate surface area is 175 Å². The molecule has 3 unspecified atom stereocenters. The van der Waals surface area contributed by atoms with Crippen LogP contribution in [0, 0.1) is 5.92 Å². The smallest absolute Gasteiger partial charge is 0.491 e. The van der Waals surface area contributed by atoms with Crippen LogP contribution in [0.3, 0.4) is 0 Å². The number of amides is 1. The van der Waals surface area contributed by atoms with Crippen LogP contribution in [0.4, 0.5) is 18.0 Å². The molecular formula is C20H22F3NO5S. The van der Waals surface area contributed by atoms with Gasteiger partial charge in [-0.25, -0.2) is 0 Å². The topological polar surface area (TPSA) is 88.0 Å². The van der Waals surface area contributed by atoms with Crippen molar-refractivity contribution in [3.63, 3.8) is 0 Å². The van der Waals surface area contributed by atoms with Crippen molar-refractivity contribution in [2.45, 2.75) is 43.7 Å². The highest BCUT2D eigenvalue weighted by atomic mass is 32.2. The average molecular weight is 445 g/mol. The zero-order chi connectivity index (χ0) is 21.9. The lowest BCUT2D eigenvalue weighted by Gasteiger charge is -2.25. The first-order valence-electron chi connectivity index (χ1n) is 9.32. The van der Waals surface area contributed by atoms with Gasteiger partial charge in [-0.05, 0) is 41.7 Å². The van der Waals surface area contributed by atoms with Crippen molar-refractivity contribution >= 4 is 17.0 Å². The number of halogens is 3. The van der Waals surface area contributed by atoms with E-state index in [1.165, 1.54) is 12.2 Å². The summed E-state index contributed by atoms with van der Waals surface area (Å²) in [5.41, 5.74) is 1.49. The number of rotatable bonds is 7. The molecule has 3 N–H and O–H groups in total. The molecule has 0 spiro atoms. The van der Waals surface area contributed by atoms with Crippen molar-refractivity contribution in [3.05, 3.63) is 53.3 Å². The van der Waals surface area contributed by atoms with Gasteiger partial charge in [0.05, 0.1) is 5.25 Å². The molecule has 1 saturated heterocycles. The molecule has 1 aromatic rings. The largest absolute Gasteiger partial charge is 0.572 e. The molecule has 6 nitrogen and oxygen atoms in total. The Hall–Kier alpha value is -2.17. The molecule has 2 aliphatic rings. The summed E-state index contributed by atoms with van der Waals surface area (Å²) in [5, 5.41) is 22.1. The molecule has 0 saturated carbocycles. The third-order valence-electron chi connectivity index (χ3n) is 4.81. The van der Waals surface area contributed by atoms with Gasteiger partial charge in [0, 0.05) is 6.42 Å². The number of ether oxygens (including phenoxy) is 2. The quantitative estimate of drug-likeness (QED) is 0.596. The average Bonchev–Trinajstić information content (AvgIpc) is 2.96. The van der Waals surface area contributed by atoms with Gasteiger partial charge in [0.15, 0.2) is 0 Å². The summed E-state index contributed by atoms with van der Waals surface area (Å²) in [6, 6.07) is 7.06. The van der Waals surface area contributed by atoms with E-state index in [2.05, 4.69) is 10.1 Å². The number of aliphatic hydroxyl groups excluding tert-OH is 2. The SMILES string of the molecule is CC1CC(OC(F)(F)F)=CC=C1[C@@H](O)COc1ccc(CC2SC(=O)NC2O)cc1. The van der Waals surface area contributed by atoms with Crippen LogP contribution in [0.2, 0.25) is 0 Å². The molecule has 1 heterocycles. The third kappa shape index (κ3) is 6.16. The molecular weight excluding hydrogens is 423 g/mol. The molecule has 4 atom stereocenters. The van der Waals surface area contributed by atoms with Gasteiger partial charge in [-0.3, -0.25) is 4.79 Å². The van der Waals surface area contributed by atoms with Crippen LogP contribution in [-0.2, 0) is 11.2 Å². The second-order valence-corrected chi connectivity index (χ2v) is 8.37. The van der Waals surface area contributed by atoms with E-state index in [4.69, 9.17) is 4.74 Å². The summed E-state index contributed by atoms with van der Waals surface area (Å²) in [6.07, 6.45) is -3.37. The second kappa shape index (κ2) is 9.32. The Bertz CT molecular complexity index is 825. The zero-order valence-corrected chi connectivity index (χ0v) is 16.9. The van der Waals surface area contributed by atoms with Crippen molar-refractivity contribution < 1.29 is 37.7 Å². The molecule has 1 amide bonds. The fourth-order valence-corrected chi connectivity index (χ4v) is 4.27. The fourth-order valence-electron chi connectivity index (χ4n) is 3.33. The van der Waals surface area contributed by atoms with Gasteiger partial charge in [0.1, 0.15) is 30.4 Å². The highest BCUT2D eigenvalue weighted by molar-refractivity contribution is 8.14. The minimum absolute atomic E-state index is 0.0412. The summed E-state index contributed by atoms with van der Waals surface area (Å²) in [5.74, 6) is 0.0113. The van der Waals surface area contributed by atoms with E-state index in [1.807, 2.05) is 12.1 Å².